The number of benzene rings is 1. The Bertz CT molecular complexity index is 1280. The van der Waals surface area contributed by atoms with E-state index in [0.29, 0.717) is 23.5 Å². The second-order valence-electron chi connectivity index (χ2n) is 9.22. The minimum absolute atomic E-state index is 0.00942. The van der Waals surface area contributed by atoms with E-state index in [0.717, 1.165) is 42.5 Å². The Balaban J connectivity index is 1.53. The fraction of sp³-hybridized carbons (Fsp3) is 0.480. The van der Waals surface area contributed by atoms with Gasteiger partial charge in [0.15, 0.2) is 0 Å². The van der Waals surface area contributed by atoms with Gasteiger partial charge in [-0.15, -0.1) is 11.3 Å². The number of sulfonamides is 1. The first kappa shape index (κ1) is 27.1. The molecule has 2 heterocycles. The second-order valence-corrected chi connectivity index (χ2v) is 12.3. The van der Waals surface area contributed by atoms with Crippen molar-refractivity contribution in [1.82, 2.24) is 14.5 Å². The molecule has 1 fully saturated rings. The van der Waals surface area contributed by atoms with E-state index in [1.54, 1.807) is 11.9 Å². The lowest BCUT2D eigenvalue weighted by molar-refractivity contribution is 0.0962. The van der Waals surface area contributed by atoms with Crippen LogP contribution in [0.2, 0.25) is 0 Å². The van der Waals surface area contributed by atoms with Gasteiger partial charge in [0.1, 0.15) is 5.00 Å². The molecule has 37 heavy (non-hydrogen) atoms. The molecule has 200 valence electrons. The first-order chi connectivity index (χ1) is 17.7. The fourth-order valence-electron chi connectivity index (χ4n) is 4.90. The SMILES string of the molecule is CNC(=O)c1c(NC(=O)c2ccc(S(=O)(=O)N(C)C3CCCCC3)cc2)sc2c1CCN(C(=O)OC)C2. The number of fused-ring (bicyclic) bond motifs is 1. The fourth-order valence-corrected chi connectivity index (χ4v) is 7.57. The highest BCUT2D eigenvalue weighted by Crippen LogP contribution is 2.37. The van der Waals surface area contributed by atoms with E-state index >= 15 is 0 Å². The molecule has 0 atom stereocenters. The third kappa shape index (κ3) is 5.51. The molecule has 2 aromatic rings. The van der Waals surface area contributed by atoms with Crippen LogP contribution >= 0.6 is 11.3 Å². The van der Waals surface area contributed by atoms with Crippen LogP contribution in [0, 0.1) is 0 Å². The van der Waals surface area contributed by atoms with Crippen LogP contribution in [0.5, 0.6) is 0 Å². The van der Waals surface area contributed by atoms with Gasteiger partial charge in [-0.1, -0.05) is 19.3 Å². The molecule has 1 saturated carbocycles. The molecule has 2 N–H and O–H groups in total. The van der Waals surface area contributed by atoms with Crippen molar-refractivity contribution in [3.63, 3.8) is 0 Å². The third-order valence-electron chi connectivity index (χ3n) is 7.05. The minimum atomic E-state index is -3.67. The van der Waals surface area contributed by atoms with E-state index in [2.05, 4.69) is 10.6 Å². The van der Waals surface area contributed by atoms with Gasteiger partial charge < -0.3 is 20.3 Å². The van der Waals surface area contributed by atoms with Crippen molar-refractivity contribution in [3.8, 4) is 0 Å². The maximum absolute atomic E-state index is 13.1. The number of carbonyl (C=O) groups is 3. The second kappa shape index (κ2) is 11.2. The molecule has 1 aromatic heterocycles. The molecule has 1 aliphatic carbocycles. The molecule has 4 rings (SSSR count). The summed E-state index contributed by atoms with van der Waals surface area (Å²) in [4.78, 5) is 40.2. The van der Waals surface area contributed by atoms with Crippen LogP contribution in [-0.4, -0.2) is 69.3 Å². The average Bonchev–Trinajstić information content (AvgIpc) is 3.29. The molecule has 1 aromatic carbocycles. The van der Waals surface area contributed by atoms with Crippen molar-refractivity contribution in [3.05, 3.63) is 45.8 Å². The van der Waals surface area contributed by atoms with Crippen LogP contribution in [-0.2, 0) is 27.7 Å². The molecule has 0 bridgehead atoms. The standard InChI is InChI=1S/C25H32N4O6S2/c1-26-23(31)21-19-13-14-29(25(32)35-3)15-20(19)36-24(21)27-22(30)16-9-11-18(12-10-16)37(33,34)28(2)17-7-5-4-6-8-17/h9-12,17H,4-8,13-15H2,1-3H3,(H,26,31)(H,27,30). The number of thiophene rings is 1. The number of hydrogen-bond acceptors (Lipinski definition) is 7. The first-order valence-electron chi connectivity index (χ1n) is 12.3. The van der Waals surface area contributed by atoms with E-state index < -0.39 is 22.0 Å². The normalized spacial score (nSPS) is 16.3. The zero-order valence-electron chi connectivity index (χ0n) is 21.2. The molecule has 0 unspecified atom stereocenters. The summed E-state index contributed by atoms with van der Waals surface area (Å²) in [5.74, 6) is -0.787. The molecule has 10 nitrogen and oxygen atoms in total. The average molecular weight is 549 g/mol. The maximum Gasteiger partial charge on any atom is 0.409 e. The van der Waals surface area contributed by atoms with Gasteiger partial charge in [-0.3, -0.25) is 9.59 Å². The summed E-state index contributed by atoms with van der Waals surface area (Å²) in [7, 11) is 0.784. The Labute approximate surface area is 221 Å². The molecular weight excluding hydrogens is 516 g/mol. The highest BCUT2D eigenvalue weighted by atomic mass is 32.2. The largest absolute Gasteiger partial charge is 0.453 e. The van der Waals surface area contributed by atoms with Crippen LogP contribution < -0.4 is 10.6 Å². The van der Waals surface area contributed by atoms with Crippen LogP contribution in [0.3, 0.4) is 0 Å². The summed E-state index contributed by atoms with van der Waals surface area (Å²) in [6.45, 7) is 0.687. The summed E-state index contributed by atoms with van der Waals surface area (Å²) >= 11 is 1.24. The van der Waals surface area contributed by atoms with Gasteiger partial charge in [0.05, 0.1) is 24.1 Å². The minimum Gasteiger partial charge on any atom is -0.453 e. The lowest BCUT2D eigenvalue weighted by Crippen LogP contribution is -2.38. The van der Waals surface area contributed by atoms with E-state index in [1.165, 1.54) is 54.1 Å². The van der Waals surface area contributed by atoms with Crippen molar-refractivity contribution < 1.29 is 27.5 Å². The summed E-state index contributed by atoms with van der Waals surface area (Å²) < 4.78 is 32.5. The number of methoxy groups -OCH3 is 1. The van der Waals surface area contributed by atoms with Gasteiger partial charge in [-0.25, -0.2) is 13.2 Å². The molecule has 0 spiro atoms. The number of hydrogen-bond donors (Lipinski definition) is 2. The molecule has 12 heteroatoms. The number of carbonyl (C=O) groups excluding carboxylic acids is 3. The summed E-state index contributed by atoms with van der Waals surface area (Å²) in [5.41, 5.74) is 1.45. The quantitative estimate of drug-likeness (QED) is 0.570. The molecule has 3 amide bonds. The monoisotopic (exact) mass is 548 g/mol. The molecule has 0 saturated heterocycles. The van der Waals surface area contributed by atoms with E-state index in [-0.39, 0.29) is 29.0 Å². The molecule has 1 aliphatic heterocycles. The number of nitrogens with one attached hydrogen (secondary N) is 2. The van der Waals surface area contributed by atoms with Crippen LogP contribution in [0.25, 0.3) is 0 Å². The third-order valence-corrected chi connectivity index (χ3v) is 10.1. The predicted molar refractivity (Wildman–Crippen MR) is 140 cm³/mol. The van der Waals surface area contributed by atoms with Crippen molar-refractivity contribution in [2.45, 2.75) is 56.0 Å². The maximum atomic E-state index is 13.1. The molecular formula is C25H32N4O6S2. The van der Waals surface area contributed by atoms with Gasteiger partial charge in [0.2, 0.25) is 10.0 Å². The van der Waals surface area contributed by atoms with Crippen molar-refractivity contribution in [2.75, 3.05) is 33.1 Å². The van der Waals surface area contributed by atoms with Gasteiger partial charge in [0, 0.05) is 37.1 Å². The Morgan fingerprint density at radius 2 is 1.76 bits per heavy atom. The van der Waals surface area contributed by atoms with Gasteiger partial charge in [-0.2, -0.15) is 4.31 Å². The van der Waals surface area contributed by atoms with E-state index in [4.69, 9.17) is 4.74 Å². The van der Waals surface area contributed by atoms with E-state index in [9.17, 15) is 22.8 Å². The Hall–Kier alpha value is -2.96. The van der Waals surface area contributed by atoms with Crippen LogP contribution in [0.4, 0.5) is 9.80 Å². The number of rotatable bonds is 6. The first-order valence-corrected chi connectivity index (χ1v) is 14.5. The van der Waals surface area contributed by atoms with Gasteiger partial charge >= 0.3 is 6.09 Å². The lowest BCUT2D eigenvalue weighted by Gasteiger charge is -2.30. The number of nitrogens with zero attached hydrogens (tertiary/aromatic N) is 2. The Morgan fingerprint density at radius 1 is 1.08 bits per heavy atom. The van der Waals surface area contributed by atoms with E-state index in [1.807, 2.05) is 0 Å². The van der Waals surface area contributed by atoms with Crippen molar-refractivity contribution in [2.24, 2.45) is 0 Å². The zero-order chi connectivity index (χ0) is 26.7. The van der Waals surface area contributed by atoms with Crippen LogP contribution in [0.15, 0.2) is 29.2 Å². The Morgan fingerprint density at radius 3 is 2.38 bits per heavy atom. The highest BCUT2D eigenvalue weighted by molar-refractivity contribution is 7.89. The van der Waals surface area contributed by atoms with Crippen LogP contribution in [0.1, 0.15) is 63.3 Å². The van der Waals surface area contributed by atoms with Gasteiger partial charge in [-0.05, 0) is 49.1 Å². The van der Waals surface area contributed by atoms with Crippen molar-refractivity contribution in [1.29, 1.82) is 0 Å². The summed E-state index contributed by atoms with van der Waals surface area (Å²) in [5, 5.41) is 5.82. The topological polar surface area (TPSA) is 125 Å². The number of amides is 3. The Kier molecular flexibility index (Phi) is 8.20. The highest BCUT2D eigenvalue weighted by Gasteiger charge is 2.31. The number of ether oxygens (including phenoxy) is 1. The summed E-state index contributed by atoms with van der Waals surface area (Å²) in [6, 6.07) is 5.82. The zero-order valence-corrected chi connectivity index (χ0v) is 22.8. The number of anilines is 1. The smallest absolute Gasteiger partial charge is 0.409 e. The summed E-state index contributed by atoms with van der Waals surface area (Å²) in [6.07, 6.45) is 4.89. The van der Waals surface area contributed by atoms with Crippen molar-refractivity contribution >= 4 is 44.3 Å². The molecule has 2 aliphatic rings. The van der Waals surface area contributed by atoms with Gasteiger partial charge in [0.25, 0.3) is 11.8 Å². The predicted octanol–water partition coefficient (Wildman–Crippen LogP) is 3.44. The molecule has 0 radical (unpaired) electrons. The lowest BCUT2D eigenvalue weighted by atomic mass is 9.96.